The van der Waals surface area contributed by atoms with Crippen molar-refractivity contribution in [2.45, 2.75) is 19.9 Å². The van der Waals surface area contributed by atoms with Crippen molar-refractivity contribution in [1.82, 2.24) is 9.88 Å². The zero-order chi connectivity index (χ0) is 12.1. The molecule has 0 amide bonds. The van der Waals surface area contributed by atoms with Crippen molar-refractivity contribution in [3.8, 4) is 0 Å². The lowest BCUT2D eigenvalue weighted by Gasteiger charge is -2.36. The number of hydrogen-bond acceptors (Lipinski definition) is 4. The molecule has 0 unspecified atom stereocenters. The van der Waals surface area contributed by atoms with Gasteiger partial charge in [-0.2, -0.15) is 0 Å². The second-order valence-corrected chi connectivity index (χ2v) is 4.50. The summed E-state index contributed by atoms with van der Waals surface area (Å²) in [6, 6.07) is 4.12. The molecule has 0 bridgehead atoms. The van der Waals surface area contributed by atoms with Crippen LogP contribution in [0.25, 0.3) is 0 Å². The number of hydrogen-bond donors (Lipinski definition) is 1. The number of nitrogens with zero attached hydrogens (tertiary/aromatic N) is 3. The highest BCUT2D eigenvalue weighted by Gasteiger charge is 2.18. The molecule has 2 heterocycles. The van der Waals surface area contributed by atoms with Crippen molar-refractivity contribution < 1.29 is 0 Å². The molecule has 2 rings (SSSR count). The fourth-order valence-electron chi connectivity index (χ4n) is 2.40. The summed E-state index contributed by atoms with van der Waals surface area (Å²) in [5.74, 6) is 0. The van der Waals surface area contributed by atoms with Crippen LogP contribution in [0.4, 0.5) is 5.69 Å². The maximum Gasteiger partial charge on any atom is 0.0772 e. The van der Waals surface area contributed by atoms with Gasteiger partial charge in [0, 0.05) is 38.9 Å². The first-order chi connectivity index (χ1) is 8.35. The molecule has 4 heteroatoms. The minimum Gasteiger partial charge on any atom is -0.367 e. The Morgan fingerprint density at radius 2 is 2.06 bits per heavy atom. The molecule has 0 aromatic carbocycles. The number of rotatable bonds is 4. The number of pyridine rings is 1. The van der Waals surface area contributed by atoms with E-state index in [0.29, 0.717) is 6.54 Å². The topological polar surface area (TPSA) is 45.4 Å². The predicted molar refractivity (Wildman–Crippen MR) is 71.1 cm³/mol. The molecule has 0 aliphatic carbocycles. The molecule has 4 nitrogen and oxygen atoms in total. The average molecular weight is 234 g/mol. The van der Waals surface area contributed by atoms with E-state index in [1.807, 2.05) is 12.3 Å². The second-order valence-electron chi connectivity index (χ2n) is 4.50. The van der Waals surface area contributed by atoms with Crippen molar-refractivity contribution in [3.05, 3.63) is 24.0 Å². The number of aromatic nitrogens is 1. The van der Waals surface area contributed by atoms with Crippen molar-refractivity contribution >= 4 is 5.69 Å². The van der Waals surface area contributed by atoms with Gasteiger partial charge in [-0.3, -0.25) is 9.88 Å². The van der Waals surface area contributed by atoms with Gasteiger partial charge in [0.25, 0.3) is 0 Å². The normalized spacial score (nSPS) is 17.4. The van der Waals surface area contributed by atoms with Gasteiger partial charge in [0.05, 0.1) is 11.4 Å². The van der Waals surface area contributed by atoms with Crippen molar-refractivity contribution in [2.24, 2.45) is 5.73 Å². The molecule has 0 radical (unpaired) electrons. The summed E-state index contributed by atoms with van der Waals surface area (Å²) < 4.78 is 0. The Kier molecular flexibility index (Phi) is 4.34. The highest BCUT2D eigenvalue weighted by molar-refractivity contribution is 5.50. The first kappa shape index (κ1) is 12.3. The molecule has 0 spiro atoms. The third-order valence-corrected chi connectivity index (χ3v) is 3.31. The van der Waals surface area contributed by atoms with Crippen LogP contribution >= 0.6 is 0 Å². The van der Waals surface area contributed by atoms with E-state index >= 15 is 0 Å². The Balaban J connectivity index is 2.00. The van der Waals surface area contributed by atoms with Crippen LogP contribution in [0.1, 0.15) is 19.0 Å². The van der Waals surface area contributed by atoms with Crippen LogP contribution in [-0.4, -0.2) is 42.6 Å². The lowest BCUT2D eigenvalue weighted by Crippen LogP contribution is -2.46. The minimum atomic E-state index is 0.519. The van der Waals surface area contributed by atoms with Crippen LogP contribution in [0.15, 0.2) is 18.3 Å². The molecule has 1 aliphatic heterocycles. The van der Waals surface area contributed by atoms with Crippen LogP contribution in [0.3, 0.4) is 0 Å². The Morgan fingerprint density at radius 3 is 2.71 bits per heavy atom. The molecule has 1 aromatic rings. The molecular formula is C13H22N4. The Hall–Kier alpha value is -1.13. The van der Waals surface area contributed by atoms with Gasteiger partial charge >= 0.3 is 0 Å². The van der Waals surface area contributed by atoms with E-state index in [0.717, 1.165) is 31.9 Å². The molecule has 1 saturated heterocycles. The minimum absolute atomic E-state index is 0.519. The maximum atomic E-state index is 5.73. The van der Waals surface area contributed by atoms with Crippen molar-refractivity contribution in [1.29, 1.82) is 0 Å². The number of piperazine rings is 1. The molecule has 0 saturated carbocycles. The molecular weight excluding hydrogens is 212 g/mol. The van der Waals surface area contributed by atoms with E-state index in [1.165, 1.54) is 18.7 Å². The van der Waals surface area contributed by atoms with E-state index in [9.17, 15) is 0 Å². The summed E-state index contributed by atoms with van der Waals surface area (Å²) in [7, 11) is 0. The third kappa shape index (κ3) is 2.96. The van der Waals surface area contributed by atoms with Gasteiger partial charge < -0.3 is 10.6 Å². The smallest absolute Gasteiger partial charge is 0.0772 e. The molecule has 1 aliphatic rings. The van der Waals surface area contributed by atoms with Gasteiger partial charge in [-0.25, -0.2) is 0 Å². The largest absolute Gasteiger partial charge is 0.367 e. The van der Waals surface area contributed by atoms with Crippen LogP contribution in [-0.2, 0) is 6.54 Å². The van der Waals surface area contributed by atoms with Gasteiger partial charge in [-0.15, -0.1) is 0 Å². The summed E-state index contributed by atoms with van der Waals surface area (Å²) >= 11 is 0. The van der Waals surface area contributed by atoms with Gasteiger partial charge in [0.2, 0.25) is 0 Å². The maximum absolute atomic E-state index is 5.73. The Morgan fingerprint density at radius 1 is 1.29 bits per heavy atom. The molecule has 0 atom stereocenters. The number of anilines is 1. The molecule has 2 N–H and O–H groups in total. The fourth-order valence-corrected chi connectivity index (χ4v) is 2.40. The fraction of sp³-hybridized carbons (Fsp3) is 0.615. The summed E-state index contributed by atoms with van der Waals surface area (Å²) in [6.07, 6.45) is 3.06. The van der Waals surface area contributed by atoms with Gasteiger partial charge in [0.1, 0.15) is 0 Å². The first-order valence-electron chi connectivity index (χ1n) is 6.46. The average Bonchev–Trinajstić information content (AvgIpc) is 2.40. The zero-order valence-corrected chi connectivity index (χ0v) is 10.6. The molecule has 1 aromatic heterocycles. The zero-order valence-electron chi connectivity index (χ0n) is 10.6. The van der Waals surface area contributed by atoms with E-state index < -0.39 is 0 Å². The van der Waals surface area contributed by atoms with Crippen LogP contribution in [0.2, 0.25) is 0 Å². The SMILES string of the molecule is CCCN1CCN(c2cccnc2CN)CC1. The summed E-state index contributed by atoms with van der Waals surface area (Å²) in [5.41, 5.74) is 7.96. The van der Waals surface area contributed by atoms with E-state index in [-0.39, 0.29) is 0 Å². The summed E-state index contributed by atoms with van der Waals surface area (Å²) in [6.45, 7) is 8.42. The van der Waals surface area contributed by atoms with Gasteiger partial charge in [-0.1, -0.05) is 6.92 Å². The highest BCUT2D eigenvalue weighted by Crippen LogP contribution is 2.19. The quantitative estimate of drug-likeness (QED) is 0.846. The molecule has 94 valence electrons. The summed E-state index contributed by atoms with van der Waals surface area (Å²) in [5, 5.41) is 0. The molecule has 17 heavy (non-hydrogen) atoms. The number of nitrogens with two attached hydrogens (primary N) is 1. The highest BCUT2D eigenvalue weighted by atomic mass is 15.3. The van der Waals surface area contributed by atoms with Crippen molar-refractivity contribution in [3.63, 3.8) is 0 Å². The van der Waals surface area contributed by atoms with E-state index in [2.05, 4.69) is 27.8 Å². The van der Waals surface area contributed by atoms with Gasteiger partial charge in [-0.05, 0) is 25.1 Å². The lowest BCUT2D eigenvalue weighted by atomic mass is 10.2. The standard InChI is InChI=1S/C13H22N4/c1-2-6-16-7-9-17(10-8-16)13-4-3-5-15-12(13)11-14/h3-5H,2,6-11,14H2,1H3. The van der Waals surface area contributed by atoms with E-state index in [4.69, 9.17) is 5.73 Å². The second kappa shape index (κ2) is 5.98. The monoisotopic (exact) mass is 234 g/mol. The Bertz CT molecular complexity index is 345. The van der Waals surface area contributed by atoms with Crippen LogP contribution in [0, 0.1) is 0 Å². The Labute approximate surface area is 103 Å². The lowest BCUT2D eigenvalue weighted by molar-refractivity contribution is 0.258. The third-order valence-electron chi connectivity index (χ3n) is 3.31. The van der Waals surface area contributed by atoms with Crippen LogP contribution < -0.4 is 10.6 Å². The first-order valence-corrected chi connectivity index (χ1v) is 6.46. The summed E-state index contributed by atoms with van der Waals surface area (Å²) in [4.78, 5) is 9.27. The van der Waals surface area contributed by atoms with Crippen molar-refractivity contribution in [2.75, 3.05) is 37.6 Å². The van der Waals surface area contributed by atoms with E-state index in [1.54, 1.807) is 0 Å². The van der Waals surface area contributed by atoms with Crippen LogP contribution in [0.5, 0.6) is 0 Å². The van der Waals surface area contributed by atoms with Gasteiger partial charge in [0.15, 0.2) is 0 Å². The predicted octanol–water partition coefficient (Wildman–Crippen LogP) is 1.07. The molecule has 1 fully saturated rings.